The second kappa shape index (κ2) is 5.71. The highest BCUT2D eigenvalue weighted by Crippen LogP contribution is 2.24. The Labute approximate surface area is 91.7 Å². The quantitative estimate of drug-likeness (QED) is 0.808. The molecule has 2 N–H and O–H groups in total. The number of hydrogen-bond acceptors (Lipinski definition) is 3. The Morgan fingerprint density at radius 1 is 1.47 bits per heavy atom. The summed E-state index contributed by atoms with van der Waals surface area (Å²) >= 11 is 0. The van der Waals surface area contributed by atoms with Gasteiger partial charge in [-0.15, -0.1) is 0 Å². The molecular formula is C12H20N2O. The monoisotopic (exact) mass is 208 g/mol. The van der Waals surface area contributed by atoms with Gasteiger partial charge in [-0.05, 0) is 24.0 Å². The van der Waals surface area contributed by atoms with E-state index in [0.717, 1.165) is 24.2 Å². The number of nitrogens with zero attached hydrogens (tertiary/aromatic N) is 1. The molecule has 0 saturated carbocycles. The summed E-state index contributed by atoms with van der Waals surface area (Å²) < 4.78 is 5.13. The van der Waals surface area contributed by atoms with E-state index in [2.05, 4.69) is 18.8 Å². The maximum Gasteiger partial charge on any atom is 0.137 e. The van der Waals surface area contributed by atoms with Gasteiger partial charge in [0.1, 0.15) is 5.75 Å². The summed E-state index contributed by atoms with van der Waals surface area (Å²) in [6.07, 6.45) is 5.81. The predicted molar refractivity (Wildman–Crippen MR) is 61.8 cm³/mol. The first-order valence-electron chi connectivity index (χ1n) is 5.43. The third kappa shape index (κ3) is 3.20. The third-order valence-electron chi connectivity index (χ3n) is 2.71. The second-order valence-corrected chi connectivity index (χ2v) is 3.95. The van der Waals surface area contributed by atoms with Crippen LogP contribution in [0.1, 0.15) is 38.3 Å². The van der Waals surface area contributed by atoms with Crippen LogP contribution in [-0.2, 0) is 0 Å². The Kier molecular flexibility index (Phi) is 4.56. The minimum Gasteiger partial charge on any atom is -0.495 e. The van der Waals surface area contributed by atoms with Crippen LogP contribution in [0.15, 0.2) is 18.5 Å². The van der Waals surface area contributed by atoms with E-state index >= 15 is 0 Å². The summed E-state index contributed by atoms with van der Waals surface area (Å²) in [5.41, 5.74) is 7.20. The molecule has 0 fully saturated rings. The van der Waals surface area contributed by atoms with Gasteiger partial charge >= 0.3 is 0 Å². The Morgan fingerprint density at radius 2 is 2.20 bits per heavy atom. The van der Waals surface area contributed by atoms with Crippen LogP contribution in [0.2, 0.25) is 0 Å². The molecule has 3 nitrogen and oxygen atoms in total. The van der Waals surface area contributed by atoms with Crippen molar-refractivity contribution in [1.29, 1.82) is 0 Å². The Morgan fingerprint density at radius 3 is 2.80 bits per heavy atom. The first-order chi connectivity index (χ1) is 7.19. The highest BCUT2D eigenvalue weighted by Gasteiger charge is 2.14. The number of hydrogen-bond donors (Lipinski definition) is 1. The SMILES string of the molecule is CCCC(C)C(N)c1cncc(OC)c1. The molecule has 0 aliphatic carbocycles. The molecule has 0 spiro atoms. The number of methoxy groups -OCH3 is 1. The third-order valence-corrected chi connectivity index (χ3v) is 2.71. The van der Waals surface area contributed by atoms with E-state index in [1.54, 1.807) is 13.3 Å². The minimum atomic E-state index is 0.0487. The molecule has 0 aliphatic heterocycles. The highest BCUT2D eigenvalue weighted by molar-refractivity contribution is 5.25. The zero-order valence-electron chi connectivity index (χ0n) is 9.73. The van der Waals surface area contributed by atoms with Crippen LogP contribution in [0.25, 0.3) is 0 Å². The summed E-state index contributed by atoms with van der Waals surface area (Å²) in [5.74, 6) is 1.25. The Balaban J connectivity index is 2.76. The molecule has 0 aromatic carbocycles. The van der Waals surface area contributed by atoms with Crippen molar-refractivity contribution in [3.8, 4) is 5.75 Å². The van der Waals surface area contributed by atoms with Crippen molar-refractivity contribution >= 4 is 0 Å². The summed E-state index contributed by atoms with van der Waals surface area (Å²) in [6, 6.07) is 2.01. The van der Waals surface area contributed by atoms with Crippen molar-refractivity contribution in [2.24, 2.45) is 11.7 Å². The van der Waals surface area contributed by atoms with E-state index in [1.807, 2.05) is 12.3 Å². The lowest BCUT2D eigenvalue weighted by Crippen LogP contribution is -2.19. The van der Waals surface area contributed by atoms with Gasteiger partial charge in [0.05, 0.1) is 13.3 Å². The first kappa shape index (κ1) is 12.0. The normalized spacial score (nSPS) is 14.7. The predicted octanol–water partition coefficient (Wildman–Crippen LogP) is 2.53. The molecule has 84 valence electrons. The van der Waals surface area contributed by atoms with Crippen LogP contribution in [0.3, 0.4) is 0 Å². The molecule has 2 atom stereocenters. The van der Waals surface area contributed by atoms with E-state index in [-0.39, 0.29) is 6.04 Å². The van der Waals surface area contributed by atoms with Crippen LogP contribution in [-0.4, -0.2) is 12.1 Å². The maximum absolute atomic E-state index is 6.15. The molecule has 1 aromatic rings. The standard InChI is InChI=1S/C12H20N2O/c1-4-5-9(2)12(13)10-6-11(15-3)8-14-7-10/h6-9,12H,4-5,13H2,1-3H3. The number of pyridine rings is 1. The zero-order valence-corrected chi connectivity index (χ0v) is 9.73. The van der Waals surface area contributed by atoms with Crippen LogP contribution in [0.5, 0.6) is 5.75 Å². The van der Waals surface area contributed by atoms with E-state index in [4.69, 9.17) is 10.5 Å². The van der Waals surface area contributed by atoms with Gasteiger partial charge in [0.15, 0.2) is 0 Å². The fraction of sp³-hybridized carbons (Fsp3) is 0.583. The van der Waals surface area contributed by atoms with Gasteiger partial charge in [-0.25, -0.2) is 0 Å². The number of ether oxygens (including phenoxy) is 1. The molecule has 1 aromatic heterocycles. The van der Waals surface area contributed by atoms with Gasteiger partial charge in [0, 0.05) is 12.2 Å². The van der Waals surface area contributed by atoms with Crippen molar-refractivity contribution in [3.63, 3.8) is 0 Å². The molecule has 1 rings (SSSR count). The van der Waals surface area contributed by atoms with E-state index < -0.39 is 0 Å². The lowest BCUT2D eigenvalue weighted by Gasteiger charge is -2.19. The largest absolute Gasteiger partial charge is 0.495 e. The Hall–Kier alpha value is -1.09. The maximum atomic E-state index is 6.15. The zero-order chi connectivity index (χ0) is 11.3. The molecule has 3 heteroatoms. The smallest absolute Gasteiger partial charge is 0.137 e. The number of aromatic nitrogens is 1. The molecule has 0 amide bonds. The van der Waals surface area contributed by atoms with Gasteiger partial charge < -0.3 is 10.5 Å². The summed E-state index contributed by atoms with van der Waals surface area (Å²) in [7, 11) is 1.64. The molecule has 0 bridgehead atoms. The van der Waals surface area contributed by atoms with Crippen molar-refractivity contribution in [1.82, 2.24) is 4.98 Å². The van der Waals surface area contributed by atoms with Gasteiger partial charge in [-0.1, -0.05) is 20.3 Å². The van der Waals surface area contributed by atoms with Crippen molar-refractivity contribution in [2.75, 3.05) is 7.11 Å². The van der Waals surface area contributed by atoms with Gasteiger partial charge in [0.25, 0.3) is 0 Å². The van der Waals surface area contributed by atoms with Gasteiger partial charge in [0.2, 0.25) is 0 Å². The van der Waals surface area contributed by atoms with Crippen LogP contribution in [0, 0.1) is 5.92 Å². The Bertz CT molecular complexity index is 301. The topological polar surface area (TPSA) is 48.1 Å². The van der Waals surface area contributed by atoms with E-state index in [9.17, 15) is 0 Å². The lowest BCUT2D eigenvalue weighted by molar-refractivity contribution is 0.405. The first-order valence-corrected chi connectivity index (χ1v) is 5.43. The minimum absolute atomic E-state index is 0.0487. The summed E-state index contributed by atoms with van der Waals surface area (Å²) in [6.45, 7) is 4.35. The van der Waals surface area contributed by atoms with Crippen LogP contribution < -0.4 is 10.5 Å². The molecule has 0 saturated heterocycles. The lowest BCUT2D eigenvalue weighted by atomic mass is 9.93. The average molecular weight is 208 g/mol. The van der Waals surface area contributed by atoms with Gasteiger partial charge in [-0.3, -0.25) is 4.98 Å². The van der Waals surface area contributed by atoms with Crippen molar-refractivity contribution in [3.05, 3.63) is 24.0 Å². The van der Waals surface area contributed by atoms with E-state index in [0.29, 0.717) is 5.92 Å². The summed E-state index contributed by atoms with van der Waals surface area (Å²) in [4.78, 5) is 4.11. The molecule has 0 radical (unpaired) electrons. The molecular weight excluding hydrogens is 188 g/mol. The fourth-order valence-electron chi connectivity index (χ4n) is 1.69. The number of rotatable bonds is 5. The number of nitrogens with two attached hydrogens (primary N) is 1. The highest BCUT2D eigenvalue weighted by atomic mass is 16.5. The molecule has 1 heterocycles. The van der Waals surface area contributed by atoms with Gasteiger partial charge in [-0.2, -0.15) is 0 Å². The average Bonchev–Trinajstić information content (AvgIpc) is 2.28. The van der Waals surface area contributed by atoms with Crippen LogP contribution in [0.4, 0.5) is 0 Å². The van der Waals surface area contributed by atoms with Crippen LogP contribution >= 0.6 is 0 Å². The van der Waals surface area contributed by atoms with Crippen molar-refractivity contribution in [2.45, 2.75) is 32.7 Å². The second-order valence-electron chi connectivity index (χ2n) is 3.95. The van der Waals surface area contributed by atoms with E-state index in [1.165, 1.54) is 0 Å². The summed E-state index contributed by atoms with van der Waals surface area (Å²) in [5, 5.41) is 0. The molecule has 0 aliphatic rings. The molecule has 15 heavy (non-hydrogen) atoms. The van der Waals surface area contributed by atoms with Crippen molar-refractivity contribution < 1.29 is 4.74 Å². The molecule has 2 unspecified atom stereocenters. The fourth-order valence-corrected chi connectivity index (χ4v) is 1.69.